The Morgan fingerprint density at radius 2 is 1.39 bits per heavy atom. The van der Waals surface area contributed by atoms with Crippen molar-refractivity contribution in [1.29, 1.82) is 0 Å². The van der Waals surface area contributed by atoms with E-state index in [0.29, 0.717) is 0 Å². The van der Waals surface area contributed by atoms with Gasteiger partial charge in [0, 0.05) is 11.0 Å². The van der Waals surface area contributed by atoms with Crippen LogP contribution in [0, 0.1) is 0 Å². The number of alkyl halides is 3. The van der Waals surface area contributed by atoms with Crippen molar-refractivity contribution in [2.45, 2.75) is 25.4 Å². The molecule has 2 aromatic rings. The summed E-state index contributed by atoms with van der Waals surface area (Å²) in [6, 6.07) is 7.05. The molecule has 1 aromatic heterocycles. The number of benzene rings is 1. The standard InChI is InChI=1S/C14H13F3O/c1-13(2,12-7-8-18-9-12)10-3-5-11(6-4-10)14(15,16)17/h3-9H,1-2H3. The van der Waals surface area contributed by atoms with Crippen molar-refractivity contribution in [3.63, 3.8) is 0 Å². The smallest absolute Gasteiger partial charge is 0.416 e. The lowest BCUT2D eigenvalue weighted by Gasteiger charge is -2.24. The maximum atomic E-state index is 12.5. The van der Waals surface area contributed by atoms with E-state index in [9.17, 15) is 13.2 Å². The van der Waals surface area contributed by atoms with Gasteiger partial charge in [-0.1, -0.05) is 26.0 Å². The van der Waals surface area contributed by atoms with Gasteiger partial charge in [0.1, 0.15) is 0 Å². The van der Waals surface area contributed by atoms with Crippen LogP contribution in [-0.4, -0.2) is 0 Å². The van der Waals surface area contributed by atoms with Crippen molar-refractivity contribution in [3.05, 3.63) is 59.5 Å². The van der Waals surface area contributed by atoms with Crippen molar-refractivity contribution in [3.8, 4) is 0 Å². The number of halogens is 3. The average molecular weight is 254 g/mol. The molecule has 0 atom stereocenters. The van der Waals surface area contributed by atoms with Crippen LogP contribution in [0.3, 0.4) is 0 Å². The fourth-order valence-corrected chi connectivity index (χ4v) is 1.86. The molecule has 0 fully saturated rings. The summed E-state index contributed by atoms with van der Waals surface area (Å²) in [4.78, 5) is 0. The van der Waals surface area contributed by atoms with Gasteiger partial charge in [-0.05, 0) is 23.8 Å². The Bertz CT molecular complexity index is 507. The van der Waals surface area contributed by atoms with Crippen LogP contribution in [0.1, 0.15) is 30.5 Å². The van der Waals surface area contributed by atoms with Crippen molar-refractivity contribution >= 4 is 0 Å². The first-order valence-corrected chi connectivity index (χ1v) is 5.52. The first kappa shape index (κ1) is 12.7. The summed E-state index contributed by atoms with van der Waals surface area (Å²) >= 11 is 0. The summed E-state index contributed by atoms with van der Waals surface area (Å²) in [5.74, 6) is 0. The molecule has 0 unspecified atom stereocenters. The summed E-state index contributed by atoms with van der Waals surface area (Å²) in [7, 11) is 0. The van der Waals surface area contributed by atoms with Crippen LogP contribution in [0.2, 0.25) is 0 Å². The quantitative estimate of drug-likeness (QED) is 0.761. The summed E-state index contributed by atoms with van der Waals surface area (Å²) < 4.78 is 42.4. The number of furan rings is 1. The predicted molar refractivity (Wildman–Crippen MR) is 62.3 cm³/mol. The van der Waals surface area contributed by atoms with Crippen molar-refractivity contribution in [2.24, 2.45) is 0 Å². The molecule has 18 heavy (non-hydrogen) atoms. The molecule has 1 heterocycles. The molecular formula is C14H13F3O. The summed E-state index contributed by atoms with van der Waals surface area (Å²) in [6.45, 7) is 3.89. The molecule has 0 saturated heterocycles. The van der Waals surface area contributed by atoms with Gasteiger partial charge in [0.15, 0.2) is 0 Å². The van der Waals surface area contributed by atoms with Crippen LogP contribution >= 0.6 is 0 Å². The maximum Gasteiger partial charge on any atom is 0.416 e. The fraction of sp³-hybridized carbons (Fsp3) is 0.286. The van der Waals surface area contributed by atoms with Gasteiger partial charge in [0.05, 0.1) is 18.1 Å². The van der Waals surface area contributed by atoms with Crippen LogP contribution in [0.5, 0.6) is 0 Å². The van der Waals surface area contributed by atoms with E-state index >= 15 is 0 Å². The highest BCUT2D eigenvalue weighted by Gasteiger charge is 2.31. The van der Waals surface area contributed by atoms with Crippen LogP contribution in [0.4, 0.5) is 13.2 Å². The lowest BCUT2D eigenvalue weighted by atomic mass is 9.79. The van der Waals surface area contributed by atoms with Crippen LogP contribution in [-0.2, 0) is 11.6 Å². The molecule has 0 aliphatic carbocycles. The molecular weight excluding hydrogens is 241 g/mol. The summed E-state index contributed by atoms with van der Waals surface area (Å²) in [5.41, 5.74) is 0.741. The zero-order chi connectivity index (χ0) is 13.4. The van der Waals surface area contributed by atoms with Gasteiger partial charge in [-0.25, -0.2) is 0 Å². The molecule has 2 rings (SSSR count). The molecule has 1 aromatic carbocycles. The van der Waals surface area contributed by atoms with Crippen LogP contribution < -0.4 is 0 Å². The van der Waals surface area contributed by atoms with Gasteiger partial charge >= 0.3 is 6.18 Å². The monoisotopic (exact) mass is 254 g/mol. The third-order valence-electron chi connectivity index (χ3n) is 3.18. The first-order chi connectivity index (χ1) is 8.32. The second-order valence-corrected chi connectivity index (χ2v) is 4.71. The minimum absolute atomic E-state index is 0.378. The Morgan fingerprint density at radius 3 is 1.83 bits per heavy atom. The molecule has 0 radical (unpaired) electrons. The van der Waals surface area contributed by atoms with Crippen LogP contribution in [0.25, 0.3) is 0 Å². The summed E-state index contributed by atoms with van der Waals surface area (Å²) in [6.07, 6.45) is -1.13. The van der Waals surface area contributed by atoms with E-state index in [1.54, 1.807) is 12.5 Å². The highest BCUT2D eigenvalue weighted by Crippen LogP contribution is 2.34. The van der Waals surface area contributed by atoms with Crippen molar-refractivity contribution < 1.29 is 17.6 Å². The normalized spacial score (nSPS) is 12.7. The Morgan fingerprint density at radius 1 is 0.833 bits per heavy atom. The molecule has 0 aliphatic rings. The van der Waals surface area contributed by atoms with Crippen LogP contribution in [0.15, 0.2) is 47.3 Å². The Kier molecular flexibility index (Phi) is 2.97. The predicted octanol–water partition coefficient (Wildman–Crippen LogP) is 4.62. The Hall–Kier alpha value is -1.71. The first-order valence-electron chi connectivity index (χ1n) is 5.52. The zero-order valence-corrected chi connectivity index (χ0v) is 10.1. The van der Waals surface area contributed by atoms with E-state index in [1.807, 2.05) is 19.9 Å². The van der Waals surface area contributed by atoms with E-state index in [1.165, 1.54) is 12.1 Å². The van der Waals surface area contributed by atoms with Gasteiger partial charge < -0.3 is 4.42 Å². The zero-order valence-electron chi connectivity index (χ0n) is 10.1. The molecule has 0 spiro atoms. The number of hydrogen-bond acceptors (Lipinski definition) is 1. The largest absolute Gasteiger partial charge is 0.472 e. The Labute approximate surface area is 103 Å². The van der Waals surface area contributed by atoms with Gasteiger partial charge in [0.25, 0.3) is 0 Å². The van der Waals surface area contributed by atoms with Crippen molar-refractivity contribution in [1.82, 2.24) is 0 Å². The second-order valence-electron chi connectivity index (χ2n) is 4.71. The third-order valence-corrected chi connectivity index (χ3v) is 3.18. The average Bonchev–Trinajstić information content (AvgIpc) is 2.82. The van der Waals surface area contributed by atoms with E-state index in [2.05, 4.69) is 0 Å². The highest BCUT2D eigenvalue weighted by atomic mass is 19.4. The lowest BCUT2D eigenvalue weighted by molar-refractivity contribution is -0.137. The van der Waals surface area contributed by atoms with Gasteiger partial charge in [0.2, 0.25) is 0 Å². The number of hydrogen-bond donors (Lipinski definition) is 0. The van der Waals surface area contributed by atoms with Crippen molar-refractivity contribution in [2.75, 3.05) is 0 Å². The molecule has 96 valence electrons. The lowest BCUT2D eigenvalue weighted by Crippen LogP contribution is -2.18. The third kappa shape index (κ3) is 2.28. The molecule has 0 saturated carbocycles. The van der Waals surface area contributed by atoms with E-state index in [0.717, 1.165) is 23.3 Å². The van der Waals surface area contributed by atoms with Gasteiger partial charge in [-0.15, -0.1) is 0 Å². The number of rotatable bonds is 2. The highest BCUT2D eigenvalue weighted by molar-refractivity contribution is 5.37. The van der Waals surface area contributed by atoms with E-state index < -0.39 is 11.7 Å². The van der Waals surface area contributed by atoms with Gasteiger partial charge in [-0.3, -0.25) is 0 Å². The van der Waals surface area contributed by atoms with Gasteiger partial charge in [-0.2, -0.15) is 13.2 Å². The molecule has 0 aliphatic heterocycles. The van der Waals surface area contributed by atoms with E-state index in [4.69, 9.17) is 4.42 Å². The summed E-state index contributed by atoms with van der Waals surface area (Å²) in [5, 5.41) is 0. The molecule has 1 nitrogen and oxygen atoms in total. The Balaban J connectivity index is 2.36. The molecule has 0 bridgehead atoms. The minimum atomic E-state index is -4.29. The fourth-order valence-electron chi connectivity index (χ4n) is 1.86. The second kappa shape index (κ2) is 4.19. The van der Waals surface area contributed by atoms with E-state index in [-0.39, 0.29) is 5.41 Å². The molecule has 0 N–H and O–H groups in total. The topological polar surface area (TPSA) is 13.1 Å². The maximum absolute atomic E-state index is 12.5. The minimum Gasteiger partial charge on any atom is -0.472 e. The SMILES string of the molecule is CC(C)(c1ccc(C(F)(F)F)cc1)c1ccoc1. The molecule has 0 amide bonds. The molecule has 4 heteroatoms.